The molecule has 0 radical (unpaired) electrons. The zero-order chi connectivity index (χ0) is 18.6. The number of benzene rings is 1. The first-order chi connectivity index (χ1) is 11.7. The summed E-state index contributed by atoms with van der Waals surface area (Å²) < 4.78 is 27.9. The second-order valence-corrected chi connectivity index (χ2v) is 7.10. The fourth-order valence-corrected chi connectivity index (χ4v) is 3.28. The molecule has 0 spiro atoms. The second kappa shape index (κ2) is 7.45. The number of hydrogen-bond donors (Lipinski definition) is 3. The molecule has 0 aliphatic rings. The van der Waals surface area contributed by atoms with Gasteiger partial charge in [-0.05, 0) is 12.5 Å². The summed E-state index contributed by atoms with van der Waals surface area (Å²) in [7, 11) is -2.38. The Kier molecular flexibility index (Phi) is 5.55. The van der Waals surface area contributed by atoms with E-state index in [0.29, 0.717) is 5.56 Å². The summed E-state index contributed by atoms with van der Waals surface area (Å²) in [5.74, 6) is -2.01. The van der Waals surface area contributed by atoms with E-state index in [1.165, 1.54) is 17.8 Å². The number of aliphatic carboxylic acids is 1. The molecular weight excluding hydrogens is 348 g/mol. The number of carboxylic acids is 1. The number of nitrogens with one attached hydrogen (secondary N) is 2. The number of carboxylic acid groups (broad SMARTS) is 1. The van der Waals surface area contributed by atoms with Crippen LogP contribution >= 0.6 is 0 Å². The van der Waals surface area contributed by atoms with Gasteiger partial charge in [0.15, 0.2) is 6.04 Å². The fourth-order valence-electron chi connectivity index (χ4n) is 2.09. The van der Waals surface area contributed by atoms with E-state index in [1.807, 2.05) is 0 Å². The predicted molar refractivity (Wildman–Crippen MR) is 88.0 cm³/mol. The molecule has 0 saturated carbocycles. The SMILES string of the molecule is CC(NS(=O)(=O)c1cnn(C)c1)C(=O)N[C@H](C(=O)O)c1ccccc1. The van der Waals surface area contributed by atoms with E-state index in [9.17, 15) is 23.1 Å². The number of rotatable bonds is 7. The van der Waals surface area contributed by atoms with Gasteiger partial charge in [0.1, 0.15) is 4.90 Å². The normalized spacial score (nSPS) is 13.8. The van der Waals surface area contributed by atoms with Gasteiger partial charge in [0, 0.05) is 13.2 Å². The number of nitrogens with zero attached hydrogens (tertiary/aromatic N) is 2. The van der Waals surface area contributed by atoms with Gasteiger partial charge < -0.3 is 10.4 Å². The van der Waals surface area contributed by atoms with Gasteiger partial charge in [-0.25, -0.2) is 13.2 Å². The molecule has 9 nitrogen and oxygen atoms in total. The number of aryl methyl sites for hydroxylation is 1. The van der Waals surface area contributed by atoms with Gasteiger partial charge in [0.25, 0.3) is 0 Å². The molecule has 1 aromatic carbocycles. The first-order valence-electron chi connectivity index (χ1n) is 7.30. The third kappa shape index (κ3) is 4.64. The molecule has 1 aromatic heterocycles. The average Bonchev–Trinajstić information content (AvgIpc) is 3.00. The van der Waals surface area contributed by atoms with Crippen LogP contribution in [0.4, 0.5) is 0 Å². The summed E-state index contributed by atoms with van der Waals surface area (Å²) in [4.78, 5) is 23.5. The lowest BCUT2D eigenvalue weighted by atomic mass is 10.1. The number of hydrogen-bond acceptors (Lipinski definition) is 5. The van der Waals surface area contributed by atoms with Crippen LogP contribution in [0.5, 0.6) is 0 Å². The molecule has 2 atom stereocenters. The molecule has 1 heterocycles. The second-order valence-electron chi connectivity index (χ2n) is 5.38. The molecule has 0 fully saturated rings. The minimum absolute atomic E-state index is 0.0903. The Labute approximate surface area is 144 Å². The van der Waals surface area contributed by atoms with E-state index in [0.717, 1.165) is 6.20 Å². The fraction of sp³-hybridized carbons (Fsp3) is 0.267. The summed E-state index contributed by atoms with van der Waals surface area (Å²) in [5.41, 5.74) is 0.380. The zero-order valence-electron chi connectivity index (χ0n) is 13.6. The maximum Gasteiger partial charge on any atom is 0.330 e. The van der Waals surface area contributed by atoms with Crippen molar-refractivity contribution in [3.63, 3.8) is 0 Å². The number of aromatic nitrogens is 2. The molecular formula is C15H18N4O5S. The van der Waals surface area contributed by atoms with Gasteiger partial charge >= 0.3 is 5.97 Å². The molecule has 134 valence electrons. The molecule has 0 bridgehead atoms. The van der Waals surface area contributed by atoms with Crippen LogP contribution in [0.15, 0.2) is 47.6 Å². The topological polar surface area (TPSA) is 130 Å². The van der Waals surface area contributed by atoms with Gasteiger partial charge in [-0.3, -0.25) is 9.48 Å². The number of carbonyl (C=O) groups is 2. The van der Waals surface area contributed by atoms with E-state index >= 15 is 0 Å². The van der Waals surface area contributed by atoms with Crippen molar-refractivity contribution in [1.82, 2.24) is 19.8 Å². The van der Waals surface area contributed by atoms with E-state index < -0.39 is 34.0 Å². The molecule has 2 aromatic rings. The summed E-state index contributed by atoms with van der Waals surface area (Å²) in [6.07, 6.45) is 2.44. The van der Waals surface area contributed by atoms with Crippen molar-refractivity contribution in [2.75, 3.05) is 0 Å². The van der Waals surface area contributed by atoms with E-state index in [2.05, 4.69) is 15.1 Å². The van der Waals surface area contributed by atoms with E-state index in [1.54, 1.807) is 37.4 Å². The molecule has 3 N–H and O–H groups in total. The van der Waals surface area contributed by atoms with Crippen molar-refractivity contribution in [1.29, 1.82) is 0 Å². The zero-order valence-corrected chi connectivity index (χ0v) is 14.4. The number of carbonyl (C=O) groups excluding carboxylic acids is 1. The van der Waals surface area contributed by atoms with E-state index in [-0.39, 0.29) is 4.90 Å². The maximum atomic E-state index is 12.2. The Morgan fingerprint density at radius 1 is 1.24 bits per heavy atom. The Morgan fingerprint density at radius 2 is 1.88 bits per heavy atom. The van der Waals surface area contributed by atoms with Gasteiger partial charge in [0.2, 0.25) is 15.9 Å². The third-order valence-corrected chi connectivity index (χ3v) is 4.88. The quantitative estimate of drug-likeness (QED) is 0.634. The van der Waals surface area contributed by atoms with Crippen LogP contribution in [0.1, 0.15) is 18.5 Å². The summed E-state index contributed by atoms with van der Waals surface area (Å²) in [6, 6.07) is 5.68. The Hall–Kier alpha value is -2.72. The highest BCUT2D eigenvalue weighted by atomic mass is 32.2. The lowest BCUT2D eigenvalue weighted by Crippen LogP contribution is -2.47. The summed E-state index contributed by atoms with van der Waals surface area (Å²) >= 11 is 0. The molecule has 2 rings (SSSR count). The van der Waals surface area contributed by atoms with Crippen molar-refractivity contribution in [3.05, 3.63) is 48.3 Å². The predicted octanol–water partition coefficient (Wildman–Crippen LogP) is 0.0290. The Bertz CT molecular complexity index is 863. The third-order valence-electron chi connectivity index (χ3n) is 3.38. The minimum atomic E-state index is -3.95. The van der Waals surface area contributed by atoms with Crippen LogP contribution < -0.4 is 10.0 Å². The molecule has 1 unspecified atom stereocenters. The highest BCUT2D eigenvalue weighted by Crippen LogP contribution is 2.13. The van der Waals surface area contributed by atoms with Crippen molar-refractivity contribution in [2.24, 2.45) is 7.05 Å². The molecule has 1 amide bonds. The standard InChI is InChI=1S/C15H18N4O5S/c1-10(18-25(23,24)12-8-16-19(2)9-12)14(20)17-13(15(21)22)11-6-4-3-5-7-11/h3-10,13,18H,1-2H3,(H,17,20)(H,21,22)/t10?,13-/m0/s1. The van der Waals surface area contributed by atoms with Crippen LogP contribution in [-0.4, -0.2) is 41.2 Å². The molecule has 0 aliphatic carbocycles. The van der Waals surface area contributed by atoms with Gasteiger partial charge in [-0.1, -0.05) is 30.3 Å². The summed E-state index contributed by atoms with van der Waals surface area (Å²) in [6.45, 7) is 1.33. The van der Waals surface area contributed by atoms with Crippen LogP contribution in [0.2, 0.25) is 0 Å². The first-order valence-corrected chi connectivity index (χ1v) is 8.78. The molecule has 0 aliphatic heterocycles. The molecule has 10 heteroatoms. The smallest absolute Gasteiger partial charge is 0.330 e. The molecule has 0 saturated heterocycles. The van der Waals surface area contributed by atoms with Crippen LogP contribution in [-0.2, 0) is 26.7 Å². The monoisotopic (exact) mass is 366 g/mol. The lowest BCUT2D eigenvalue weighted by Gasteiger charge is -2.18. The van der Waals surface area contributed by atoms with E-state index in [4.69, 9.17) is 0 Å². The van der Waals surface area contributed by atoms with Crippen LogP contribution in [0.25, 0.3) is 0 Å². The van der Waals surface area contributed by atoms with Crippen LogP contribution in [0.3, 0.4) is 0 Å². The first kappa shape index (κ1) is 18.6. The lowest BCUT2D eigenvalue weighted by molar-refractivity contribution is -0.142. The van der Waals surface area contributed by atoms with Crippen molar-refractivity contribution in [3.8, 4) is 0 Å². The number of amides is 1. The number of sulfonamides is 1. The average molecular weight is 366 g/mol. The maximum absolute atomic E-state index is 12.2. The highest BCUT2D eigenvalue weighted by Gasteiger charge is 2.27. The highest BCUT2D eigenvalue weighted by molar-refractivity contribution is 7.89. The Balaban J connectivity index is 2.10. The van der Waals surface area contributed by atoms with Crippen LogP contribution in [0, 0.1) is 0 Å². The minimum Gasteiger partial charge on any atom is -0.479 e. The summed E-state index contributed by atoms with van der Waals surface area (Å²) in [5, 5.41) is 15.4. The Morgan fingerprint density at radius 3 is 2.40 bits per heavy atom. The van der Waals surface area contributed by atoms with Gasteiger partial charge in [-0.2, -0.15) is 9.82 Å². The van der Waals surface area contributed by atoms with Gasteiger partial charge in [0.05, 0.1) is 12.2 Å². The van der Waals surface area contributed by atoms with Crippen molar-refractivity contribution >= 4 is 21.9 Å². The van der Waals surface area contributed by atoms with Crippen molar-refractivity contribution < 1.29 is 23.1 Å². The largest absolute Gasteiger partial charge is 0.479 e. The van der Waals surface area contributed by atoms with Crippen molar-refractivity contribution in [2.45, 2.75) is 23.9 Å². The van der Waals surface area contributed by atoms with Gasteiger partial charge in [-0.15, -0.1) is 0 Å². The molecule has 25 heavy (non-hydrogen) atoms.